The normalized spacial score (nSPS) is 22.5. The molecule has 1 saturated carbocycles. The van der Waals surface area contributed by atoms with Crippen LogP contribution in [0.25, 0.3) is 11.0 Å². The monoisotopic (exact) mass is 547 g/mol. The van der Waals surface area contributed by atoms with E-state index in [0.717, 1.165) is 41.6 Å². The summed E-state index contributed by atoms with van der Waals surface area (Å²) in [6, 6.07) is 17.6. The predicted octanol–water partition coefficient (Wildman–Crippen LogP) is 6.23. The van der Waals surface area contributed by atoms with Gasteiger partial charge in [0.2, 0.25) is 5.95 Å². The maximum Gasteiger partial charge on any atom is 0.256 e. The molecule has 4 aromatic rings. The van der Waals surface area contributed by atoms with Crippen molar-refractivity contribution < 1.29 is 4.79 Å². The van der Waals surface area contributed by atoms with Crippen molar-refractivity contribution in [3.8, 4) is 0 Å². The zero-order valence-electron chi connectivity index (χ0n) is 24.1. The summed E-state index contributed by atoms with van der Waals surface area (Å²) < 4.78 is 1.69. The van der Waals surface area contributed by atoms with E-state index >= 15 is 0 Å². The minimum Gasteiger partial charge on any atom is -0.324 e. The second-order valence-corrected chi connectivity index (χ2v) is 13.0. The molecule has 2 aromatic heterocycles. The Hall–Kier alpha value is -3.84. The molecule has 7 heteroatoms. The Balaban J connectivity index is 1.28. The number of benzene rings is 2. The zero-order chi connectivity index (χ0) is 28.3. The first-order valence-corrected chi connectivity index (χ1v) is 14.9. The Morgan fingerprint density at radius 2 is 1.76 bits per heavy atom. The topological polar surface area (TPSA) is 80.1 Å². The van der Waals surface area contributed by atoms with Crippen molar-refractivity contribution in [1.29, 1.82) is 0 Å². The summed E-state index contributed by atoms with van der Waals surface area (Å²) in [5.74, 6) is 1.19. The number of likely N-dealkylation sites (tertiary alicyclic amines) is 1. The number of fused-ring (bicyclic) bond motifs is 2. The van der Waals surface area contributed by atoms with Crippen molar-refractivity contribution in [2.24, 2.45) is 5.41 Å². The minimum atomic E-state index is -0.651. The molecule has 0 spiro atoms. The summed E-state index contributed by atoms with van der Waals surface area (Å²) in [5.41, 5.74) is 4.69. The smallest absolute Gasteiger partial charge is 0.256 e. The number of aromatic nitrogens is 3. The molecule has 7 rings (SSSR count). The molecule has 0 bridgehead atoms. The first-order chi connectivity index (χ1) is 19.8. The number of nitrogens with one attached hydrogen (secondary N) is 1. The summed E-state index contributed by atoms with van der Waals surface area (Å²) in [5, 5.41) is 4.14. The van der Waals surface area contributed by atoms with Crippen LogP contribution in [-0.2, 0) is 6.42 Å². The molecule has 2 aliphatic carbocycles. The molecule has 210 valence electrons. The van der Waals surface area contributed by atoms with Crippen molar-refractivity contribution in [3.63, 3.8) is 0 Å². The van der Waals surface area contributed by atoms with Gasteiger partial charge in [0.1, 0.15) is 11.7 Å². The average molecular weight is 548 g/mol. The van der Waals surface area contributed by atoms with E-state index in [-0.39, 0.29) is 17.3 Å². The van der Waals surface area contributed by atoms with Crippen LogP contribution in [0.2, 0.25) is 0 Å². The van der Waals surface area contributed by atoms with Crippen LogP contribution in [0.4, 0.5) is 11.6 Å². The molecule has 2 atom stereocenters. The zero-order valence-corrected chi connectivity index (χ0v) is 24.1. The molecular formula is C34H37N5O2. The molecule has 2 unspecified atom stereocenters. The third-order valence-electron chi connectivity index (χ3n) is 9.26. The number of carbonyl (C=O) groups excluding carboxylic acids is 1. The lowest BCUT2D eigenvalue weighted by molar-refractivity contribution is 0.0779. The lowest BCUT2D eigenvalue weighted by atomic mass is 9.69. The highest BCUT2D eigenvalue weighted by Gasteiger charge is 2.44. The maximum absolute atomic E-state index is 14.1. The van der Waals surface area contributed by atoms with E-state index in [1.165, 1.54) is 24.9 Å². The molecule has 1 saturated heterocycles. The third-order valence-corrected chi connectivity index (χ3v) is 9.26. The summed E-state index contributed by atoms with van der Waals surface area (Å²) in [4.78, 5) is 40.1. The van der Waals surface area contributed by atoms with Crippen molar-refractivity contribution in [3.05, 3.63) is 93.4 Å². The number of likely N-dealkylation sites (N-methyl/N-ethyl adjacent to an activating group) is 1. The van der Waals surface area contributed by atoms with Gasteiger partial charge < -0.3 is 10.2 Å². The first kappa shape index (κ1) is 26.1. The Bertz CT molecular complexity index is 1700. The van der Waals surface area contributed by atoms with E-state index in [9.17, 15) is 9.59 Å². The maximum atomic E-state index is 14.1. The minimum absolute atomic E-state index is 0.0229. The second-order valence-electron chi connectivity index (χ2n) is 13.0. The van der Waals surface area contributed by atoms with Gasteiger partial charge in [-0.2, -0.15) is 4.98 Å². The van der Waals surface area contributed by atoms with Gasteiger partial charge in [-0.25, -0.2) is 4.98 Å². The van der Waals surface area contributed by atoms with E-state index < -0.39 is 11.5 Å². The molecular weight excluding hydrogens is 510 g/mol. The second kappa shape index (κ2) is 9.91. The van der Waals surface area contributed by atoms with Crippen LogP contribution in [0.15, 0.2) is 65.6 Å². The van der Waals surface area contributed by atoms with E-state index in [1.807, 2.05) is 30.3 Å². The fraction of sp³-hybridized carbons (Fsp3) is 0.412. The Labute approximate surface area is 240 Å². The van der Waals surface area contributed by atoms with Crippen LogP contribution < -0.4 is 10.9 Å². The number of nitrogens with zero attached hydrogens (tertiary/aromatic N) is 4. The number of hydrogen-bond donors (Lipinski definition) is 1. The van der Waals surface area contributed by atoms with Crippen LogP contribution in [0.3, 0.4) is 0 Å². The predicted molar refractivity (Wildman–Crippen MR) is 162 cm³/mol. The summed E-state index contributed by atoms with van der Waals surface area (Å²) in [6.45, 7) is 6.42. The van der Waals surface area contributed by atoms with Gasteiger partial charge >= 0.3 is 0 Å². The highest BCUT2D eigenvalue weighted by Crippen LogP contribution is 2.44. The lowest BCUT2D eigenvalue weighted by Gasteiger charge is -2.39. The quantitative estimate of drug-likeness (QED) is 0.319. The van der Waals surface area contributed by atoms with Gasteiger partial charge in [0.15, 0.2) is 5.78 Å². The molecule has 2 aromatic carbocycles. The van der Waals surface area contributed by atoms with Crippen molar-refractivity contribution in [2.75, 3.05) is 25.5 Å². The Kier molecular flexibility index (Phi) is 6.31. The van der Waals surface area contributed by atoms with Gasteiger partial charge in [-0.05, 0) is 92.3 Å². The lowest BCUT2D eigenvalue weighted by Crippen LogP contribution is -2.44. The number of pyridine rings is 1. The van der Waals surface area contributed by atoms with Crippen LogP contribution in [0.1, 0.15) is 84.5 Å². The third kappa shape index (κ3) is 4.76. The van der Waals surface area contributed by atoms with E-state index in [4.69, 9.17) is 4.98 Å². The number of ketones is 1. The highest BCUT2D eigenvalue weighted by atomic mass is 16.1. The molecule has 1 N–H and O–H groups in total. The molecule has 41 heavy (non-hydrogen) atoms. The highest BCUT2D eigenvalue weighted by molar-refractivity contribution is 6.02. The van der Waals surface area contributed by atoms with Gasteiger partial charge in [-0.3, -0.25) is 14.2 Å². The van der Waals surface area contributed by atoms with Crippen molar-refractivity contribution >= 4 is 28.5 Å². The number of Topliss-reactive ketones (excluding diaryl/α,β-unsaturated/α-hetero) is 1. The summed E-state index contributed by atoms with van der Waals surface area (Å²) in [6.07, 6.45) is 6.93. The number of anilines is 2. The average Bonchev–Trinajstić information content (AvgIpc) is 3.80. The van der Waals surface area contributed by atoms with Gasteiger partial charge in [0.05, 0.1) is 0 Å². The number of hydrogen-bond acceptors (Lipinski definition) is 6. The Morgan fingerprint density at radius 1 is 0.976 bits per heavy atom. The molecule has 3 heterocycles. The molecule has 3 aliphatic rings. The molecule has 1 aliphatic heterocycles. The fourth-order valence-electron chi connectivity index (χ4n) is 7.01. The first-order valence-electron chi connectivity index (χ1n) is 14.9. The Morgan fingerprint density at radius 3 is 2.51 bits per heavy atom. The summed E-state index contributed by atoms with van der Waals surface area (Å²) in [7, 11) is 2.19. The van der Waals surface area contributed by atoms with Gasteiger partial charge in [0, 0.05) is 34.9 Å². The van der Waals surface area contributed by atoms with Gasteiger partial charge in [-0.1, -0.05) is 50.2 Å². The van der Waals surface area contributed by atoms with E-state index in [2.05, 4.69) is 60.4 Å². The molecule has 0 amide bonds. The number of rotatable bonds is 5. The molecule has 7 nitrogen and oxygen atoms in total. The van der Waals surface area contributed by atoms with E-state index in [1.54, 1.807) is 10.8 Å². The number of carbonyl (C=O) groups is 1. The summed E-state index contributed by atoms with van der Waals surface area (Å²) >= 11 is 0. The molecule has 0 radical (unpaired) electrons. The van der Waals surface area contributed by atoms with Gasteiger partial charge in [-0.15, -0.1) is 0 Å². The van der Waals surface area contributed by atoms with Gasteiger partial charge in [0.25, 0.3) is 5.56 Å². The van der Waals surface area contributed by atoms with Crippen LogP contribution in [0, 0.1) is 5.41 Å². The van der Waals surface area contributed by atoms with Crippen LogP contribution >= 0.6 is 0 Å². The van der Waals surface area contributed by atoms with Crippen LogP contribution in [-0.4, -0.2) is 45.4 Å². The van der Waals surface area contributed by atoms with Crippen LogP contribution in [0.5, 0.6) is 0 Å². The van der Waals surface area contributed by atoms with Crippen molar-refractivity contribution in [1.82, 2.24) is 19.4 Å². The fourth-order valence-corrected chi connectivity index (χ4v) is 7.01. The number of piperidine rings is 1. The largest absolute Gasteiger partial charge is 0.324 e. The van der Waals surface area contributed by atoms with Crippen molar-refractivity contribution in [2.45, 2.75) is 63.8 Å². The SMILES string of the molecule is CN1CCCC(c2ccc(Nc3ncc4cc(C5CC5)c(=O)n(C5C(=O)c6ccccc6CC5(C)C)c4n3)cc2)C1. The standard InChI is InChI=1S/C34H37N5O2/c1-34(2)18-23-7-4-5-9-27(23)29(40)30(34)39-31-25(17-28(32(39)41)22-10-11-22)19-35-33(37-31)36-26-14-12-21(13-15-26)24-8-6-16-38(3)20-24/h4-5,7,9,12-15,17,19,22,24,30H,6,8,10-11,16,18,20H2,1-3H3,(H,35,36,37). The molecule has 2 fully saturated rings. The van der Waals surface area contributed by atoms with E-state index in [0.29, 0.717) is 29.5 Å².